The lowest BCUT2D eigenvalue weighted by Gasteiger charge is -2.41. The summed E-state index contributed by atoms with van der Waals surface area (Å²) in [5.41, 5.74) is 3.25. The molecule has 2 aromatic rings. The van der Waals surface area contributed by atoms with E-state index in [9.17, 15) is 23.1 Å². The van der Waals surface area contributed by atoms with Crippen molar-refractivity contribution in [2.45, 2.75) is 55.9 Å². The zero-order chi connectivity index (χ0) is 23.0. The van der Waals surface area contributed by atoms with E-state index in [0.717, 1.165) is 35.8 Å². The summed E-state index contributed by atoms with van der Waals surface area (Å²) in [6.07, 6.45) is 3.79. The number of hydroxylamine groups is 1. The van der Waals surface area contributed by atoms with Crippen molar-refractivity contribution in [3.8, 4) is 11.1 Å². The van der Waals surface area contributed by atoms with Gasteiger partial charge < -0.3 is 9.67 Å². The van der Waals surface area contributed by atoms with E-state index in [1.165, 1.54) is 23.0 Å². The largest absolute Gasteiger partial charge is 0.390 e. The van der Waals surface area contributed by atoms with Gasteiger partial charge in [-0.15, -0.1) is 0 Å². The highest BCUT2D eigenvalue weighted by molar-refractivity contribution is 7.92. The van der Waals surface area contributed by atoms with Gasteiger partial charge in [0.15, 0.2) is 14.6 Å². The predicted molar refractivity (Wildman–Crippen MR) is 117 cm³/mol. The zero-order valence-electron chi connectivity index (χ0n) is 17.8. The Morgan fingerprint density at radius 3 is 2.32 bits per heavy atom. The highest BCUT2D eigenvalue weighted by Gasteiger charge is 2.43. The smallest absolute Gasteiger partial charge is 0.264 e. The number of nitrogens with zero attached hydrogens (tertiary/aromatic N) is 1. The fourth-order valence-electron chi connectivity index (χ4n) is 3.98. The van der Waals surface area contributed by atoms with Gasteiger partial charge in [-0.3, -0.25) is 14.8 Å². The van der Waals surface area contributed by atoms with Gasteiger partial charge in [0.2, 0.25) is 0 Å². The third-order valence-corrected chi connectivity index (χ3v) is 8.34. The van der Waals surface area contributed by atoms with Crippen LogP contribution in [0, 0.1) is 0 Å². The maximum Gasteiger partial charge on any atom is 0.264 e. The number of carbonyl (C=O) groups is 1. The molecule has 1 fully saturated rings. The first-order valence-electron chi connectivity index (χ1n) is 10.0. The van der Waals surface area contributed by atoms with Crippen molar-refractivity contribution in [3.05, 3.63) is 58.5 Å². The molecule has 31 heavy (non-hydrogen) atoms. The Hall–Kier alpha value is -2.49. The second-order valence-corrected chi connectivity index (χ2v) is 11.3. The summed E-state index contributed by atoms with van der Waals surface area (Å²) in [5.74, 6) is -0.690. The second kappa shape index (κ2) is 8.22. The highest BCUT2D eigenvalue weighted by atomic mass is 32.2. The van der Waals surface area contributed by atoms with Crippen molar-refractivity contribution >= 4 is 15.7 Å². The highest BCUT2D eigenvalue weighted by Crippen LogP contribution is 2.44. The number of hydrogen-bond acceptors (Lipinski definition) is 6. The van der Waals surface area contributed by atoms with E-state index in [1.54, 1.807) is 12.3 Å². The topological polar surface area (TPSA) is 126 Å². The summed E-state index contributed by atoms with van der Waals surface area (Å²) in [6, 6.07) is 11.1. The number of pyridine rings is 1. The van der Waals surface area contributed by atoms with Crippen LogP contribution in [0.1, 0.15) is 44.6 Å². The summed E-state index contributed by atoms with van der Waals surface area (Å²) in [5, 5.41) is 18.8. The average molecular weight is 449 g/mol. The number of rotatable bonds is 7. The molecule has 1 aliphatic carbocycles. The standard InChI is InChI=1S/C22H28N2O6S/c1-21(27)13-18(14-21)16-6-4-15(5-7-16)17-8-10-24(19(25)12-17)11-9-22(2,20(26)23-28)31(3,29)30/h4-8,10,12,18,27-28H,9,11,13-14H2,1-3H3,(H,23,26)/t18?,21?,22-/m1/s1. The molecule has 0 saturated heterocycles. The van der Waals surface area contributed by atoms with Gasteiger partial charge in [-0.05, 0) is 61.8 Å². The van der Waals surface area contributed by atoms with Crippen LogP contribution in [0.5, 0.6) is 0 Å². The average Bonchev–Trinajstić information content (AvgIpc) is 2.69. The minimum absolute atomic E-state index is 0.00332. The molecule has 1 heterocycles. The van der Waals surface area contributed by atoms with E-state index >= 15 is 0 Å². The molecule has 0 radical (unpaired) electrons. The van der Waals surface area contributed by atoms with Crippen molar-refractivity contribution in [3.63, 3.8) is 0 Å². The Kier molecular flexibility index (Phi) is 6.14. The van der Waals surface area contributed by atoms with Gasteiger partial charge in [-0.25, -0.2) is 13.9 Å². The molecule has 0 unspecified atom stereocenters. The Labute approximate surface area is 181 Å². The lowest BCUT2D eigenvalue weighted by Crippen LogP contribution is -2.49. The van der Waals surface area contributed by atoms with Crippen LogP contribution in [0.25, 0.3) is 11.1 Å². The summed E-state index contributed by atoms with van der Waals surface area (Å²) >= 11 is 0. The first kappa shape index (κ1) is 23.2. The maximum absolute atomic E-state index is 12.6. The Morgan fingerprint density at radius 1 is 1.23 bits per heavy atom. The van der Waals surface area contributed by atoms with Gasteiger partial charge in [-0.2, -0.15) is 0 Å². The normalized spacial score (nSPS) is 22.9. The molecule has 3 N–H and O–H groups in total. The van der Waals surface area contributed by atoms with Gasteiger partial charge in [0.1, 0.15) is 0 Å². The third-order valence-electron chi connectivity index (χ3n) is 6.31. The molecule has 1 atom stereocenters. The van der Waals surface area contributed by atoms with Crippen LogP contribution in [-0.2, 0) is 21.2 Å². The molecule has 9 heteroatoms. The molecular weight excluding hydrogens is 420 g/mol. The Bertz CT molecular complexity index is 1130. The van der Waals surface area contributed by atoms with Crippen LogP contribution >= 0.6 is 0 Å². The van der Waals surface area contributed by atoms with Gasteiger partial charge >= 0.3 is 0 Å². The number of sulfone groups is 1. The van der Waals surface area contributed by atoms with E-state index in [2.05, 4.69) is 0 Å². The quantitative estimate of drug-likeness (QED) is 0.438. The number of amides is 1. The molecule has 0 bridgehead atoms. The molecule has 1 saturated carbocycles. The van der Waals surface area contributed by atoms with Crippen molar-refractivity contribution in [1.29, 1.82) is 0 Å². The summed E-state index contributed by atoms with van der Waals surface area (Å²) < 4.78 is 23.6. The third kappa shape index (κ3) is 4.73. The lowest BCUT2D eigenvalue weighted by molar-refractivity contribution is -0.131. The van der Waals surface area contributed by atoms with Crippen molar-refractivity contribution in [2.75, 3.05) is 6.26 Å². The number of hydrogen-bond donors (Lipinski definition) is 3. The van der Waals surface area contributed by atoms with Crippen molar-refractivity contribution in [2.24, 2.45) is 0 Å². The monoisotopic (exact) mass is 448 g/mol. The molecule has 3 rings (SSSR count). The van der Waals surface area contributed by atoms with Crippen LogP contribution in [-0.4, -0.2) is 45.8 Å². The van der Waals surface area contributed by atoms with Crippen LogP contribution in [0.3, 0.4) is 0 Å². The maximum atomic E-state index is 12.6. The first-order chi connectivity index (χ1) is 14.4. The van der Waals surface area contributed by atoms with E-state index in [4.69, 9.17) is 5.21 Å². The second-order valence-electron chi connectivity index (χ2n) is 8.87. The van der Waals surface area contributed by atoms with Crippen LogP contribution in [0.15, 0.2) is 47.4 Å². The van der Waals surface area contributed by atoms with E-state index in [1.807, 2.05) is 31.2 Å². The van der Waals surface area contributed by atoms with E-state index in [-0.39, 0.29) is 18.5 Å². The number of carbonyl (C=O) groups excluding carboxylic acids is 1. The molecule has 1 amide bonds. The van der Waals surface area contributed by atoms with Gasteiger partial charge in [0.25, 0.3) is 11.5 Å². The molecule has 168 valence electrons. The molecule has 1 aliphatic rings. The molecule has 8 nitrogen and oxygen atoms in total. The number of benzene rings is 1. The Balaban J connectivity index is 1.74. The van der Waals surface area contributed by atoms with Crippen LogP contribution in [0.2, 0.25) is 0 Å². The van der Waals surface area contributed by atoms with Crippen molar-refractivity contribution in [1.82, 2.24) is 10.0 Å². The fourth-order valence-corrected chi connectivity index (χ4v) is 4.82. The molecule has 1 aromatic heterocycles. The number of nitrogens with one attached hydrogen (secondary N) is 1. The molecule has 1 aromatic carbocycles. The number of aromatic nitrogens is 1. The summed E-state index contributed by atoms with van der Waals surface area (Å²) in [4.78, 5) is 24.5. The summed E-state index contributed by atoms with van der Waals surface area (Å²) in [6.45, 7) is 3.05. The molecule has 0 aliphatic heterocycles. The fraction of sp³-hybridized carbons (Fsp3) is 0.455. The summed E-state index contributed by atoms with van der Waals surface area (Å²) in [7, 11) is -3.83. The minimum atomic E-state index is -3.83. The first-order valence-corrected chi connectivity index (χ1v) is 11.9. The Morgan fingerprint density at radius 2 is 1.84 bits per heavy atom. The minimum Gasteiger partial charge on any atom is -0.390 e. The molecule has 0 spiro atoms. The number of aryl methyl sites for hydroxylation is 1. The SMILES string of the molecule is CC1(O)CC(c2ccc(-c3ccn(CC[C@](C)(C(=O)NO)S(C)(=O)=O)c(=O)c3)cc2)C1. The lowest BCUT2D eigenvalue weighted by atomic mass is 9.69. The zero-order valence-corrected chi connectivity index (χ0v) is 18.6. The van der Waals surface area contributed by atoms with Crippen LogP contribution in [0.4, 0.5) is 0 Å². The van der Waals surface area contributed by atoms with Crippen molar-refractivity contribution < 1.29 is 23.5 Å². The van der Waals surface area contributed by atoms with Gasteiger partial charge in [-0.1, -0.05) is 24.3 Å². The number of aliphatic hydroxyl groups is 1. The van der Waals surface area contributed by atoms with Gasteiger partial charge in [0, 0.05) is 25.1 Å². The van der Waals surface area contributed by atoms with E-state index < -0.39 is 26.1 Å². The van der Waals surface area contributed by atoms with E-state index in [0.29, 0.717) is 5.92 Å². The predicted octanol–water partition coefficient (Wildman–Crippen LogP) is 1.84. The van der Waals surface area contributed by atoms with Gasteiger partial charge in [0.05, 0.1) is 5.60 Å². The van der Waals surface area contributed by atoms with Crippen LogP contribution < -0.4 is 11.0 Å². The molecular formula is C22H28N2O6S.